The minimum Gasteiger partial charge on any atom is -0.432 e. The lowest BCUT2D eigenvalue weighted by Gasteiger charge is -2.50. The Bertz CT molecular complexity index is 367. The molecule has 2 unspecified atom stereocenters. The zero-order valence-corrected chi connectivity index (χ0v) is 10.6. The van der Waals surface area contributed by atoms with Crippen molar-refractivity contribution in [2.75, 3.05) is 13.2 Å². The third-order valence-electron chi connectivity index (χ3n) is 3.89. The molecule has 0 amide bonds. The lowest BCUT2D eigenvalue weighted by Crippen LogP contribution is -2.69. The van der Waals surface area contributed by atoms with Crippen LogP contribution in [0.15, 0.2) is 0 Å². The van der Waals surface area contributed by atoms with Crippen molar-refractivity contribution in [3.8, 4) is 0 Å². The number of hydrogen-bond acceptors (Lipinski definition) is 6. The standard InChI is InChI=1S/C12H18O6/c1-10(2)17-9(14)8(13)11(18-10)4-3-5-12(11)15-6-7-16-12/h8,13H,3-7H2,1-2H3. The van der Waals surface area contributed by atoms with E-state index in [0.717, 1.165) is 6.42 Å². The maximum absolute atomic E-state index is 11.8. The van der Waals surface area contributed by atoms with Crippen LogP contribution in [0, 0.1) is 0 Å². The molecule has 3 fully saturated rings. The molecule has 1 N–H and O–H groups in total. The lowest BCUT2D eigenvalue weighted by atomic mass is 9.87. The zero-order valence-electron chi connectivity index (χ0n) is 10.6. The van der Waals surface area contributed by atoms with Gasteiger partial charge >= 0.3 is 5.97 Å². The highest BCUT2D eigenvalue weighted by molar-refractivity contribution is 5.77. The molecule has 0 radical (unpaired) electrons. The van der Waals surface area contributed by atoms with Crippen molar-refractivity contribution >= 4 is 5.97 Å². The molecule has 1 saturated carbocycles. The molecular formula is C12H18O6. The summed E-state index contributed by atoms with van der Waals surface area (Å²) in [5.74, 6) is -2.77. The molecule has 0 aromatic rings. The molecule has 2 spiro atoms. The Balaban J connectivity index is 2.03. The predicted octanol–water partition coefficient (Wildman–Crippen LogP) is 0.323. The molecule has 2 atom stereocenters. The number of hydrogen-bond donors (Lipinski definition) is 1. The van der Waals surface area contributed by atoms with Gasteiger partial charge in [-0.1, -0.05) is 0 Å². The highest BCUT2D eigenvalue weighted by atomic mass is 16.8. The van der Waals surface area contributed by atoms with Crippen molar-refractivity contribution in [2.24, 2.45) is 0 Å². The van der Waals surface area contributed by atoms with Crippen molar-refractivity contribution in [1.29, 1.82) is 0 Å². The fraction of sp³-hybridized carbons (Fsp3) is 0.917. The SMILES string of the molecule is CC1(C)OC(=O)C(O)C2(CCCC23OCCO3)O1. The Morgan fingerprint density at radius 3 is 2.56 bits per heavy atom. The van der Waals surface area contributed by atoms with Gasteiger partial charge in [-0.3, -0.25) is 0 Å². The summed E-state index contributed by atoms with van der Waals surface area (Å²) in [6, 6.07) is 0. The molecule has 0 bridgehead atoms. The highest BCUT2D eigenvalue weighted by Crippen LogP contribution is 2.53. The number of ether oxygens (including phenoxy) is 4. The molecule has 1 aliphatic carbocycles. The summed E-state index contributed by atoms with van der Waals surface area (Å²) in [6.07, 6.45) is 0.548. The van der Waals surface area contributed by atoms with E-state index >= 15 is 0 Å². The second-order valence-electron chi connectivity index (χ2n) is 5.52. The van der Waals surface area contributed by atoms with Crippen LogP contribution in [0.25, 0.3) is 0 Å². The van der Waals surface area contributed by atoms with Crippen LogP contribution in [0.4, 0.5) is 0 Å². The van der Waals surface area contributed by atoms with Crippen molar-refractivity contribution in [3.63, 3.8) is 0 Å². The van der Waals surface area contributed by atoms with E-state index in [1.165, 1.54) is 0 Å². The van der Waals surface area contributed by atoms with Crippen LogP contribution in [0.1, 0.15) is 33.1 Å². The molecule has 102 valence electrons. The van der Waals surface area contributed by atoms with Crippen molar-refractivity contribution in [3.05, 3.63) is 0 Å². The van der Waals surface area contributed by atoms with Gasteiger partial charge in [0.15, 0.2) is 11.7 Å². The number of aliphatic hydroxyl groups excluding tert-OH is 1. The summed E-state index contributed by atoms with van der Waals surface area (Å²) in [7, 11) is 0. The van der Waals surface area contributed by atoms with E-state index in [9.17, 15) is 9.90 Å². The van der Waals surface area contributed by atoms with Crippen LogP contribution in [-0.4, -0.2) is 47.6 Å². The summed E-state index contributed by atoms with van der Waals surface area (Å²) in [4.78, 5) is 11.8. The van der Waals surface area contributed by atoms with Crippen molar-refractivity contribution in [2.45, 2.75) is 56.4 Å². The van der Waals surface area contributed by atoms with Crippen LogP contribution in [-0.2, 0) is 23.7 Å². The highest BCUT2D eigenvalue weighted by Gasteiger charge is 2.69. The van der Waals surface area contributed by atoms with Crippen LogP contribution in [0.2, 0.25) is 0 Å². The van der Waals surface area contributed by atoms with Gasteiger partial charge in [0.25, 0.3) is 0 Å². The molecule has 18 heavy (non-hydrogen) atoms. The number of carbonyl (C=O) groups is 1. The van der Waals surface area contributed by atoms with Gasteiger partial charge in [-0.25, -0.2) is 4.79 Å². The zero-order chi connectivity index (χ0) is 13.0. The molecule has 2 heterocycles. The lowest BCUT2D eigenvalue weighted by molar-refractivity contribution is -0.378. The Morgan fingerprint density at radius 1 is 1.22 bits per heavy atom. The van der Waals surface area contributed by atoms with Crippen LogP contribution < -0.4 is 0 Å². The summed E-state index contributed by atoms with van der Waals surface area (Å²) in [5.41, 5.74) is -1.15. The van der Waals surface area contributed by atoms with E-state index in [1.54, 1.807) is 13.8 Å². The predicted molar refractivity (Wildman–Crippen MR) is 58.5 cm³/mol. The summed E-state index contributed by atoms with van der Waals surface area (Å²) >= 11 is 0. The number of carbonyl (C=O) groups excluding carboxylic acids is 1. The van der Waals surface area contributed by atoms with Crippen LogP contribution in [0.3, 0.4) is 0 Å². The molecule has 2 aliphatic heterocycles. The maximum Gasteiger partial charge on any atom is 0.340 e. The Kier molecular flexibility index (Phi) is 2.51. The minimum atomic E-state index is -1.37. The minimum absolute atomic E-state index is 0.452. The summed E-state index contributed by atoms with van der Waals surface area (Å²) < 4.78 is 22.3. The topological polar surface area (TPSA) is 74.2 Å². The normalized spacial score (nSPS) is 41.5. The number of cyclic esters (lactones) is 1. The molecule has 3 aliphatic rings. The third kappa shape index (κ3) is 1.46. The van der Waals surface area contributed by atoms with E-state index in [0.29, 0.717) is 26.1 Å². The van der Waals surface area contributed by atoms with E-state index in [-0.39, 0.29) is 0 Å². The number of rotatable bonds is 0. The van der Waals surface area contributed by atoms with Gasteiger partial charge in [-0.2, -0.15) is 0 Å². The van der Waals surface area contributed by atoms with E-state index in [1.807, 2.05) is 0 Å². The average Bonchev–Trinajstić information content (AvgIpc) is 2.86. The summed E-state index contributed by atoms with van der Waals surface area (Å²) in [6.45, 7) is 4.21. The van der Waals surface area contributed by atoms with E-state index in [4.69, 9.17) is 18.9 Å². The fourth-order valence-electron chi connectivity index (χ4n) is 3.31. The molecule has 6 heteroatoms. The van der Waals surface area contributed by atoms with Gasteiger partial charge in [0.1, 0.15) is 0 Å². The molecule has 2 saturated heterocycles. The molecule has 3 rings (SSSR count). The summed E-state index contributed by atoms with van der Waals surface area (Å²) in [5, 5.41) is 10.2. The number of aliphatic hydroxyl groups is 1. The smallest absolute Gasteiger partial charge is 0.340 e. The Hall–Kier alpha value is -0.690. The third-order valence-corrected chi connectivity index (χ3v) is 3.89. The van der Waals surface area contributed by atoms with Gasteiger partial charge in [0.2, 0.25) is 11.6 Å². The average molecular weight is 258 g/mol. The molecule has 0 aromatic carbocycles. The second-order valence-corrected chi connectivity index (χ2v) is 5.52. The first-order valence-electron chi connectivity index (χ1n) is 6.30. The largest absolute Gasteiger partial charge is 0.432 e. The monoisotopic (exact) mass is 258 g/mol. The quantitative estimate of drug-likeness (QED) is 0.631. The maximum atomic E-state index is 11.8. The first kappa shape index (κ1) is 12.3. The van der Waals surface area contributed by atoms with Gasteiger partial charge in [0, 0.05) is 20.3 Å². The van der Waals surface area contributed by atoms with Crippen LogP contribution in [0.5, 0.6) is 0 Å². The first-order chi connectivity index (χ1) is 8.41. The fourth-order valence-corrected chi connectivity index (χ4v) is 3.31. The second kappa shape index (κ2) is 3.66. The molecular weight excluding hydrogens is 240 g/mol. The Labute approximate surface area is 105 Å². The van der Waals surface area contributed by atoms with Gasteiger partial charge in [-0.05, 0) is 12.8 Å². The van der Waals surface area contributed by atoms with Gasteiger partial charge in [-0.15, -0.1) is 0 Å². The van der Waals surface area contributed by atoms with Crippen molar-refractivity contribution in [1.82, 2.24) is 0 Å². The van der Waals surface area contributed by atoms with E-state index in [2.05, 4.69) is 0 Å². The number of esters is 1. The molecule has 6 nitrogen and oxygen atoms in total. The van der Waals surface area contributed by atoms with Gasteiger partial charge < -0.3 is 24.1 Å². The molecule has 0 aromatic heterocycles. The van der Waals surface area contributed by atoms with Crippen LogP contribution >= 0.6 is 0 Å². The van der Waals surface area contributed by atoms with E-state index < -0.39 is 29.2 Å². The first-order valence-corrected chi connectivity index (χ1v) is 6.30. The Morgan fingerprint density at radius 2 is 1.89 bits per heavy atom. The van der Waals surface area contributed by atoms with Crippen molar-refractivity contribution < 1.29 is 28.8 Å². The number of fused-ring (bicyclic) bond motifs is 1. The van der Waals surface area contributed by atoms with Gasteiger partial charge in [0.05, 0.1) is 13.2 Å².